The van der Waals surface area contributed by atoms with Gasteiger partial charge < -0.3 is 4.90 Å². The number of likely N-dealkylation sites (tertiary alicyclic amines) is 1. The summed E-state index contributed by atoms with van der Waals surface area (Å²) in [4.78, 5) is 40.0. The van der Waals surface area contributed by atoms with Crippen molar-refractivity contribution in [3.05, 3.63) is 35.4 Å². The van der Waals surface area contributed by atoms with Crippen molar-refractivity contribution in [1.82, 2.24) is 9.80 Å². The van der Waals surface area contributed by atoms with Gasteiger partial charge in [0.05, 0.1) is 22.1 Å². The first-order chi connectivity index (χ1) is 13.2. The number of benzene rings is 1. The van der Waals surface area contributed by atoms with E-state index in [0.717, 1.165) is 4.90 Å². The maximum atomic E-state index is 12.5. The van der Waals surface area contributed by atoms with Crippen LogP contribution in [0.25, 0.3) is 0 Å². The topological polar surface area (TPSA) is 91.8 Å². The molecule has 8 heteroatoms. The van der Waals surface area contributed by atoms with Gasteiger partial charge in [-0.25, -0.2) is 8.42 Å². The molecule has 0 atom stereocenters. The average molecular weight is 407 g/mol. The van der Waals surface area contributed by atoms with E-state index in [1.165, 1.54) is 0 Å². The largest absolute Gasteiger partial charge is 0.343 e. The lowest BCUT2D eigenvalue weighted by Crippen LogP contribution is -2.44. The van der Waals surface area contributed by atoms with Gasteiger partial charge in [0.1, 0.15) is 0 Å². The standard InChI is InChI=1S/C20H26N2O5S/c1-14(2)13-28(26,27)15-7-10-21(11-8-15)18(23)9-12-22-19(24)16-5-3-4-6-17(16)20(22)25/h3-6,14-15H,7-13H2,1-2H3. The van der Waals surface area contributed by atoms with Crippen molar-refractivity contribution in [2.24, 2.45) is 5.92 Å². The minimum Gasteiger partial charge on any atom is -0.343 e. The molecular weight excluding hydrogens is 380 g/mol. The molecule has 0 radical (unpaired) electrons. The Labute approximate surface area is 165 Å². The highest BCUT2D eigenvalue weighted by Crippen LogP contribution is 2.24. The molecule has 2 heterocycles. The van der Waals surface area contributed by atoms with Gasteiger partial charge in [-0.3, -0.25) is 19.3 Å². The van der Waals surface area contributed by atoms with Gasteiger partial charge in [-0.1, -0.05) is 26.0 Å². The van der Waals surface area contributed by atoms with Crippen LogP contribution < -0.4 is 0 Å². The maximum Gasteiger partial charge on any atom is 0.261 e. The Hall–Kier alpha value is -2.22. The van der Waals surface area contributed by atoms with Crippen LogP contribution in [0.3, 0.4) is 0 Å². The quantitative estimate of drug-likeness (QED) is 0.671. The Morgan fingerprint density at radius 3 is 2.11 bits per heavy atom. The number of amides is 3. The van der Waals surface area contributed by atoms with Crippen molar-refractivity contribution in [2.75, 3.05) is 25.4 Å². The number of imide groups is 1. The molecular formula is C20H26N2O5S. The zero-order valence-electron chi connectivity index (χ0n) is 16.3. The Bertz CT molecular complexity index is 851. The molecule has 0 saturated carbocycles. The van der Waals surface area contributed by atoms with Gasteiger partial charge >= 0.3 is 0 Å². The fourth-order valence-corrected chi connectivity index (χ4v) is 6.00. The van der Waals surface area contributed by atoms with Gasteiger partial charge in [0.2, 0.25) is 5.91 Å². The average Bonchev–Trinajstić information content (AvgIpc) is 2.90. The Balaban J connectivity index is 1.52. The van der Waals surface area contributed by atoms with Crippen LogP contribution in [0.1, 0.15) is 53.8 Å². The van der Waals surface area contributed by atoms with E-state index in [1.807, 2.05) is 13.8 Å². The Morgan fingerprint density at radius 1 is 1.07 bits per heavy atom. The van der Waals surface area contributed by atoms with E-state index in [-0.39, 0.29) is 42.4 Å². The molecule has 0 aliphatic carbocycles. The minimum absolute atomic E-state index is 0.0384. The van der Waals surface area contributed by atoms with Crippen molar-refractivity contribution in [2.45, 2.75) is 38.4 Å². The molecule has 152 valence electrons. The van der Waals surface area contributed by atoms with Crippen LogP contribution in [0.2, 0.25) is 0 Å². The number of carbonyl (C=O) groups excluding carboxylic acids is 3. The maximum absolute atomic E-state index is 12.5. The molecule has 1 aromatic carbocycles. The fraction of sp³-hybridized carbons (Fsp3) is 0.550. The molecule has 3 amide bonds. The highest BCUT2D eigenvalue weighted by Gasteiger charge is 2.36. The molecule has 0 N–H and O–H groups in total. The molecule has 0 spiro atoms. The molecule has 3 rings (SSSR count). The number of fused-ring (bicyclic) bond motifs is 1. The third-order valence-electron chi connectivity index (χ3n) is 5.30. The minimum atomic E-state index is -3.14. The van der Waals surface area contributed by atoms with E-state index >= 15 is 0 Å². The number of piperidine rings is 1. The van der Waals surface area contributed by atoms with Crippen molar-refractivity contribution >= 4 is 27.6 Å². The summed E-state index contributed by atoms with van der Waals surface area (Å²) in [7, 11) is -3.14. The SMILES string of the molecule is CC(C)CS(=O)(=O)C1CCN(C(=O)CCN2C(=O)c3ccccc3C2=O)CC1. The molecule has 0 bridgehead atoms. The zero-order valence-corrected chi connectivity index (χ0v) is 17.1. The summed E-state index contributed by atoms with van der Waals surface area (Å²) < 4.78 is 24.7. The molecule has 0 unspecified atom stereocenters. The Morgan fingerprint density at radius 2 is 1.61 bits per heavy atom. The lowest BCUT2D eigenvalue weighted by Gasteiger charge is -2.32. The van der Waals surface area contributed by atoms with Crippen LogP contribution in [-0.4, -0.2) is 66.6 Å². The summed E-state index contributed by atoms with van der Waals surface area (Å²) in [5.41, 5.74) is 0.743. The van der Waals surface area contributed by atoms with Gasteiger partial charge in [-0.2, -0.15) is 0 Å². The zero-order chi connectivity index (χ0) is 20.5. The van der Waals surface area contributed by atoms with Crippen LogP contribution in [0.5, 0.6) is 0 Å². The van der Waals surface area contributed by atoms with E-state index in [1.54, 1.807) is 29.2 Å². The van der Waals surface area contributed by atoms with E-state index in [4.69, 9.17) is 0 Å². The predicted octanol–water partition coefficient (Wildman–Crippen LogP) is 1.73. The van der Waals surface area contributed by atoms with Gasteiger partial charge in [0.25, 0.3) is 11.8 Å². The van der Waals surface area contributed by atoms with Crippen molar-refractivity contribution in [3.8, 4) is 0 Å². The van der Waals surface area contributed by atoms with E-state index in [9.17, 15) is 22.8 Å². The second-order valence-corrected chi connectivity index (χ2v) is 10.2. The summed E-state index contributed by atoms with van der Waals surface area (Å²) in [5, 5.41) is -0.393. The Kier molecular flexibility index (Phi) is 5.88. The number of rotatable bonds is 6. The first kappa shape index (κ1) is 20.5. The summed E-state index contributed by atoms with van der Waals surface area (Å²) in [5.74, 6) is -0.634. The molecule has 28 heavy (non-hydrogen) atoms. The van der Waals surface area contributed by atoms with E-state index in [2.05, 4.69) is 0 Å². The van der Waals surface area contributed by atoms with Crippen LogP contribution in [0.4, 0.5) is 0 Å². The van der Waals surface area contributed by atoms with Crippen LogP contribution in [0, 0.1) is 5.92 Å². The number of sulfone groups is 1. The smallest absolute Gasteiger partial charge is 0.261 e. The molecule has 0 aromatic heterocycles. The summed E-state index contributed by atoms with van der Waals surface area (Å²) in [6.07, 6.45) is 0.927. The third-order valence-corrected chi connectivity index (χ3v) is 7.91. The second kappa shape index (κ2) is 8.03. The second-order valence-electron chi connectivity index (χ2n) is 7.86. The monoisotopic (exact) mass is 406 g/mol. The highest BCUT2D eigenvalue weighted by atomic mass is 32.2. The fourth-order valence-electron chi connectivity index (χ4n) is 3.87. The van der Waals surface area contributed by atoms with E-state index < -0.39 is 15.1 Å². The third kappa shape index (κ3) is 4.11. The lowest BCUT2D eigenvalue weighted by molar-refractivity contribution is -0.132. The summed E-state index contributed by atoms with van der Waals surface area (Å²) in [6, 6.07) is 6.63. The molecule has 7 nitrogen and oxygen atoms in total. The predicted molar refractivity (Wildman–Crippen MR) is 105 cm³/mol. The van der Waals surface area contributed by atoms with Gasteiger partial charge in [0, 0.05) is 26.1 Å². The number of carbonyl (C=O) groups is 3. The van der Waals surface area contributed by atoms with E-state index in [0.29, 0.717) is 37.1 Å². The first-order valence-electron chi connectivity index (χ1n) is 9.65. The number of hydrogen-bond donors (Lipinski definition) is 0. The molecule has 1 fully saturated rings. The van der Waals surface area contributed by atoms with Crippen LogP contribution >= 0.6 is 0 Å². The molecule has 1 aromatic rings. The summed E-state index contributed by atoms with van der Waals surface area (Å²) >= 11 is 0. The van der Waals surface area contributed by atoms with Crippen LogP contribution in [0.15, 0.2) is 24.3 Å². The molecule has 2 aliphatic rings. The van der Waals surface area contributed by atoms with Gasteiger partial charge in [-0.15, -0.1) is 0 Å². The van der Waals surface area contributed by atoms with Gasteiger partial charge in [0.15, 0.2) is 9.84 Å². The molecule has 1 saturated heterocycles. The highest BCUT2D eigenvalue weighted by molar-refractivity contribution is 7.92. The number of hydrogen-bond acceptors (Lipinski definition) is 5. The first-order valence-corrected chi connectivity index (χ1v) is 11.4. The molecule has 2 aliphatic heterocycles. The van der Waals surface area contributed by atoms with Gasteiger partial charge in [-0.05, 0) is 30.9 Å². The summed E-state index contributed by atoms with van der Waals surface area (Å²) in [6.45, 7) is 4.59. The number of nitrogens with zero attached hydrogens (tertiary/aromatic N) is 2. The van der Waals surface area contributed by atoms with Crippen molar-refractivity contribution in [3.63, 3.8) is 0 Å². The van der Waals surface area contributed by atoms with Crippen LogP contribution in [-0.2, 0) is 14.6 Å². The lowest BCUT2D eigenvalue weighted by atomic mass is 10.1. The van der Waals surface area contributed by atoms with Crippen molar-refractivity contribution < 1.29 is 22.8 Å². The normalized spacial score (nSPS) is 18.1. The van der Waals surface area contributed by atoms with Crippen molar-refractivity contribution in [1.29, 1.82) is 0 Å².